The molecule has 1 heterocycles. The summed E-state index contributed by atoms with van der Waals surface area (Å²) in [7, 11) is 1.91. The predicted octanol–water partition coefficient (Wildman–Crippen LogP) is 3.18. The van der Waals surface area contributed by atoms with Gasteiger partial charge in [-0.05, 0) is 48.5 Å². The lowest BCUT2D eigenvalue weighted by molar-refractivity contribution is 0.771. The van der Waals surface area contributed by atoms with Gasteiger partial charge in [0.25, 0.3) is 0 Å². The maximum Gasteiger partial charge on any atom is 0.121 e. The molecule has 1 aromatic heterocycles. The van der Waals surface area contributed by atoms with Gasteiger partial charge >= 0.3 is 0 Å². The number of nitrogens with one attached hydrogen (secondary N) is 2. The van der Waals surface area contributed by atoms with Crippen LogP contribution < -0.4 is 5.32 Å². The minimum Gasteiger partial charge on any atom is -0.335 e. The maximum absolute atomic E-state index is 4.61. The topological polar surface area (TPSA) is 40.7 Å². The largest absolute Gasteiger partial charge is 0.335 e. The molecule has 0 aliphatic rings. The summed E-state index contributed by atoms with van der Waals surface area (Å²) in [5.74, 6) is 0.940. The summed E-state index contributed by atoms with van der Waals surface area (Å²) in [6.45, 7) is 4.94. The number of aromatic nitrogens is 2. The van der Waals surface area contributed by atoms with Crippen LogP contribution in [0, 0.1) is 13.8 Å². The fourth-order valence-electron chi connectivity index (χ4n) is 1.82. The average Bonchev–Trinajstić information content (AvgIpc) is 2.64. The molecule has 2 rings (SSSR count). The summed E-state index contributed by atoms with van der Waals surface area (Å²) in [4.78, 5) is 7.84. The van der Waals surface area contributed by atoms with Crippen molar-refractivity contribution in [3.8, 4) is 11.3 Å². The van der Waals surface area contributed by atoms with Gasteiger partial charge in [0.15, 0.2) is 0 Å². The smallest absolute Gasteiger partial charge is 0.121 e. The number of benzene rings is 1. The van der Waals surface area contributed by atoms with Gasteiger partial charge in [0.05, 0.1) is 6.54 Å². The number of halogens is 1. The van der Waals surface area contributed by atoms with E-state index in [1.165, 1.54) is 16.7 Å². The fourth-order valence-corrected chi connectivity index (χ4v) is 2.35. The normalized spacial score (nSPS) is 10.8. The predicted molar refractivity (Wildman–Crippen MR) is 74.0 cm³/mol. The van der Waals surface area contributed by atoms with Gasteiger partial charge in [-0.25, -0.2) is 4.98 Å². The van der Waals surface area contributed by atoms with Gasteiger partial charge in [-0.3, -0.25) is 0 Å². The quantitative estimate of drug-likeness (QED) is 0.913. The Bertz CT molecular complexity index is 531. The number of imidazole rings is 1. The SMILES string of the molecule is CNCc1nc(-c2cc(C)ccc2C)c(Br)[nH]1. The zero-order valence-electron chi connectivity index (χ0n) is 10.3. The molecule has 0 bridgehead atoms. The van der Waals surface area contributed by atoms with Crippen LogP contribution in [0.3, 0.4) is 0 Å². The molecule has 0 amide bonds. The molecule has 0 aliphatic carbocycles. The molecule has 0 atom stereocenters. The fraction of sp³-hybridized carbons (Fsp3) is 0.308. The van der Waals surface area contributed by atoms with E-state index in [0.717, 1.165) is 22.7 Å². The van der Waals surface area contributed by atoms with Gasteiger partial charge in [0.2, 0.25) is 0 Å². The monoisotopic (exact) mass is 293 g/mol. The summed E-state index contributed by atoms with van der Waals surface area (Å²) < 4.78 is 0.941. The van der Waals surface area contributed by atoms with Crippen molar-refractivity contribution in [2.75, 3.05) is 7.05 Å². The van der Waals surface area contributed by atoms with Crippen molar-refractivity contribution in [3.63, 3.8) is 0 Å². The second kappa shape index (κ2) is 5.02. The van der Waals surface area contributed by atoms with Gasteiger partial charge < -0.3 is 10.3 Å². The van der Waals surface area contributed by atoms with E-state index in [2.05, 4.69) is 63.3 Å². The van der Waals surface area contributed by atoms with Crippen molar-refractivity contribution in [2.45, 2.75) is 20.4 Å². The molecular weight excluding hydrogens is 278 g/mol. The molecular formula is C13H16BrN3. The summed E-state index contributed by atoms with van der Waals surface area (Å²) in [6.07, 6.45) is 0. The van der Waals surface area contributed by atoms with Gasteiger partial charge in [0, 0.05) is 5.56 Å². The van der Waals surface area contributed by atoms with Crippen molar-refractivity contribution < 1.29 is 0 Å². The number of H-pyrrole nitrogens is 1. The highest BCUT2D eigenvalue weighted by atomic mass is 79.9. The molecule has 4 heteroatoms. The lowest BCUT2D eigenvalue weighted by Gasteiger charge is -2.04. The first-order valence-corrected chi connectivity index (χ1v) is 6.37. The molecule has 3 nitrogen and oxygen atoms in total. The highest BCUT2D eigenvalue weighted by Crippen LogP contribution is 2.29. The molecule has 0 fully saturated rings. The third kappa shape index (κ3) is 2.58. The third-order valence-corrected chi connectivity index (χ3v) is 3.27. The second-order valence-electron chi connectivity index (χ2n) is 4.19. The number of rotatable bonds is 3. The summed E-state index contributed by atoms with van der Waals surface area (Å²) >= 11 is 3.54. The van der Waals surface area contributed by atoms with E-state index in [9.17, 15) is 0 Å². The molecule has 2 aromatic rings. The standard InChI is InChI=1S/C13H16BrN3/c1-8-4-5-9(2)10(6-8)12-13(14)17-11(16-12)7-15-3/h4-6,15H,7H2,1-3H3,(H,16,17). The molecule has 0 unspecified atom stereocenters. The van der Waals surface area contributed by atoms with Crippen LogP contribution in [0.25, 0.3) is 11.3 Å². The molecule has 0 saturated heterocycles. The van der Waals surface area contributed by atoms with Gasteiger partial charge in [-0.15, -0.1) is 0 Å². The van der Waals surface area contributed by atoms with Crippen LogP contribution in [0.5, 0.6) is 0 Å². The van der Waals surface area contributed by atoms with Crippen LogP contribution in [0.1, 0.15) is 17.0 Å². The van der Waals surface area contributed by atoms with Gasteiger partial charge in [-0.2, -0.15) is 0 Å². The van der Waals surface area contributed by atoms with Crippen LogP contribution in [0.2, 0.25) is 0 Å². The van der Waals surface area contributed by atoms with Crippen LogP contribution >= 0.6 is 15.9 Å². The van der Waals surface area contributed by atoms with Crippen molar-refractivity contribution >= 4 is 15.9 Å². The molecule has 17 heavy (non-hydrogen) atoms. The lowest BCUT2D eigenvalue weighted by atomic mass is 10.0. The first-order valence-electron chi connectivity index (χ1n) is 5.58. The second-order valence-corrected chi connectivity index (χ2v) is 4.99. The van der Waals surface area contributed by atoms with E-state index in [-0.39, 0.29) is 0 Å². The van der Waals surface area contributed by atoms with E-state index in [1.807, 2.05) is 7.05 Å². The van der Waals surface area contributed by atoms with E-state index in [0.29, 0.717) is 0 Å². The molecule has 0 aliphatic heterocycles. The Hall–Kier alpha value is -1.13. The Morgan fingerprint density at radius 1 is 1.35 bits per heavy atom. The number of aryl methyl sites for hydroxylation is 2. The average molecular weight is 294 g/mol. The Morgan fingerprint density at radius 2 is 2.12 bits per heavy atom. The Balaban J connectivity index is 2.48. The highest BCUT2D eigenvalue weighted by molar-refractivity contribution is 9.10. The first kappa shape index (κ1) is 12.3. The maximum atomic E-state index is 4.61. The Labute approximate surface area is 110 Å². The van der Waals surface area contributed by atoms with Crippen molar-refractivity contribution in [1.82, 2.24) is 15.3 Å². The lowest BCUT2D eigenvalue weighted by Crippen LogP contribution is -2.06. The van der Waals surface area contributed by atoms with Crippen LogP contribution in [-0.2, 0) is 6.54 Å². The number of nitrogens with zero attached hydrogens (tertiary/aromatic N) is 1. The van der Waals surface area contributed by atoms with E-state index >= 15 is 0 Å². The van der Waals surface area contributed by atoms with Crippen LogP contribution in [0.15, 0.2) is 22.8 Å². The van der Waals surface area contributed by atoms with Crippen LogP contribution in [0.4, 0.5) is 0 Å². The van der Waals surface area contributed by atoms with Crippen LogP contribution in [-0.4, -0.2) is 17.0 Å². The Morgan fingerprint density at radius 3 is 2.82 bits per heavy atom. The summed E-state index contributed by atoms with van der Waals surface area (Å²) in [5, 5.41) is 3.09. The van der Waals surface area contributed by atoms with Crippen molar-refractivity contribution in [3.05, 3.63) is 39.8 Å². The first-order chi connectivity index (χ1) is 8.11. The van der Waals surface area contributed by atoms with E-state index in [1.54, 1.807) is 0 Å². The Kier molecular flexibility index (Phi) is 3.64. The summed E-state index contributed by atoms with van der Waals surface area (Å²) in [5.41, 5.74) is 4.64. The number of hydrogen-bond acceptors (Lipinski definition) is 2. The van der Waals surface area contributed by atoms with Gasteiger partial charge in [0.1, 0.15) is 16.1 Å². The zero-order valence-corrected chi connectivity index (χ0v) is 11.9. The van der Waals surface area contributed by atoms with Crippen molar-refractivity contribution in [2.24, 2.45) is 0 Å². The molecule has 2 N–H and O–H groups in total. The number of hydrogen-bond donors (Lipinski definition) is 2. The van der Waals surface area contributed by atoms with E-state index < -0.39 is 0 Å². The van der Waals surface area contributed by atoms with Gasteiger partial charge in [-0.1, -0.05) is 17.7 Å². The molecule has 1 aromatic carbocycles. The van der Waals surface area contributed by atoms with Crippen molar-refractivity contribution in [1.29, 1.82) is 0 Å². The van der Waals surface area contributed by atoms with E-state index in [4.69, 9.17) is 0 Å². The summed E-state index contributed by atoms with van der Waals surface area (Å²) in [6, 6.07) is 6.41. The minimum atomic E-state index is 0.740. The molecule has 0 spiro atoms. The minimum absolute atomic E-state index is 0.740. The highest BCUT2D eigenvalue weighted by Gasteiger charge is 2.11. The molecule has 0 radical (unpaired) electrons. The number of aromatic amines is 1. The molecule has 0 saturated carbocycles. The third-order valence-electron chi connectivity index (χ3n) is 2.70. The molecule has 90 valence electrons. The zero-order chi connectivity index (χ0) is 12.4.